The number of aliphatic carboxylic acids is 1. The van der Waals surface area contributed by atoms with Gasteiger partial charge in [-0.3, -0.25) is 9.59 Å². The number of rotatable bonds is 10. The number of carboxylic acids is 1. The van der Waals surface area contributed by atoms with Gasteiger partial charge in [-0.05, 0) is 18.9 Å². The lowest BCUT2D eigenvalue weighted by Gasteiger charge is -2.32. The molecule has 4 atom stereocenters. The molecular weight excluding hydrogens is 312 g/mol. The van der Waals surface area contributed by atoms with Crippen LogP contribution in [0.2, 0.25) is 0 Å². The van der Waals surface area contributed by atoms with E-state index >= 15 is 0 Å². The average molecular weight is 340 g/mol. The highest BCUT2D eigenvalue weighted by molar-refractivity contribution is 5.71. The van der Waals surface area contributed by atoms with Crippen LogP contribution in [0.5, 0.6) is 0 Å². The zero-order valence-electron chi connectivity index (χ0n) is 14.1. The number of hydrogen-bond donors (Lipinski definition) is 3. The maximum Gasteiger partial charge on any atom is 0.309 e. The fraction of sp³-hybridized carbons (Fsp3) is 0.667. The van der Waals surface area contributed by atoms with Gasteiger partial charge in [0.1, 0.15) is 6.10 Å². The van der Waals surface area contributed by atoms with Gasteiger partial charge < -0.3 is 20.1 Å². The largest absolute Gasteiger partial charge is 0.481 e. The van der Waals surface area contributed by atoms with Crippen LogP contribution >= 0.6 is 0 Å². The summed E-state index contributed by atoms with van der Waals surface area (Å²) in [6.07, 6.45) is 8.35. The lowest BCUT2D eigenvalue weighted by atomic mass is 9.87. The van der Waals surface area contributed by atoms with Gasteiger partial charge in [-0.1, -0.05) is 44.4 Å². The van der Waals surface area contributed by atoms with Gasteiger partial charge in [0.15, 0.2) is 0 Å². The zero-order valence-corrected chi connectivity index (χ0v) is 14.1. The van der Waals surface area contributed by atoms with Crippen LogP contribution < -0.4 is 0 Å². The molecule has 1 aliphatic rings. The fourth-order valence-electron chi connectivity index (χ4n) is 2.68. The van der Waals surface area contributed by atoms with Gasteiger partial charge in [0.2, 0.25) is 0 Å². The van der Waals surface area contributed by atoms with Crippen LogP contribution in [0.1, 0.15) is 51.9 Å². The van der Waals surface area contributed by atoms with Gasteiger partial charge in [0.25, 0.3) is 0 Å². The van der Waals surface area contributed by atoms with E-state index in [1.165, 1.54) is 6.08 Å². The minimum Gasteiger partial charge on any atom is -0.481 e. The van der Waals surface area contributed by atoms with E-state index in [4.69, 9.17) is 9.84 Å². The Balaban J connectivity index is 2.62. The van der Waals surface area contributed by atoms with E-state index in [0.29, 0.717) is 12.8 Å². The SMILES string of the molecule is CCCCC[C@H](O)/C=C/[C@H]1OC(=O)C[C@H](O)[C@@H]1C/C=C/CC(=O)O. The Bertz CT molecular complexity index is 456. The van der Waals surface area contributed by atoms with Crippen LogP contribution in [0.3, 0.4) is 0 Å². The normalized spacial score (nSPS) is 26.0. The van der Waals surface area contributed by atoms with Gasteiger partial charge in [0, 0.05) is 5.92 Å². The minimum absolute atomic E-state index is 0.0686. The van der Waals surface area contributed by atoms with Gasteiger partial charge >= 0.3 is 11.9 Å². The van der Waals surface area contributed by atoms with Crippen molar-refractivity contribution >= 4 is 11.9 Å². The Morgan fingerprint density at radius 1 is 1.38 bits per heavy atom. The number of esters is 1. The molecule has 0 aromatic carbocycles. The molecule has 0 amide bonds. The Kier molecular flexibility index (Phi) is 9.34. The van der Waals surface area contributed by atoms with Gasteiger partial charge in [-0.15, -0.1) is 0 Å². The van der Waals surface area contributed by atoms with Crippen molar-refractivity contribution in [2.75, 3.05) is 0 Å². The molecule has 1 heterocycles. The number of unbranched alkanes of at least 4 members (excludes halogenated alkanes) is 2. The zero-order chi connectivity index (χ0) is 17.9. The molecule has 24 heavy (non-hydrogen) atoms. The lowest BCUT2D eigenvalue weighted by Crippen LogP contribution is -2.41. The highest BCUT2D eigenvalue weighted by Crippen LogP contribution is 2.27. The molecule has 1 fully saturated rings. The summed E-state index contributed by atoms with van der Waals surface area (Å²) in [4.78, 5) is 22.0. The van der Waals surface area contributed by atoms with Gasteiger partial charge in [0.05, 0.1) is 25.0 Å². The average Bonchev–Trinajstić information content (AvgIpc) is 2.51. The molecule has 0 spiro atoms. The van der Waals surface area contributed by atoms with Gasteiger partial charge in [-0.2, -0.15) is 0 Å². The molecule has 0 aliphatic carbocycles. The number of carbonyl (C=O) groups is 2. The Labute approximate surface area is 142 Å². The first-order valence-corrected chi connectivity index (χ1v) is 8.54. The summed E-state index contributed by atoms with van der Waals surface area (Å²) in [5, 5.41) is 28.7. The molecule has 1 rings (SSSR count). The van der Waals surface area contributed by atoms with Crippen LogP contribution in [-0.2, 0) is 14.3 Å². The van der Waals surface area contributed by atoms with Crippen molar-refractivity contribution in [3.63, 3.8) is 0 Å². The van der Waals surface area contributed by atoms with Crippen LogP contribution in [0.4, 0.5) is 0 Å². The molecule has 3 N–H and O–H groups in total. The number of aliphatic hydroxyl groups is 2. The summed E-state index contributed by atoms with van der Waals surface area (Å²) >= 11 is 0. The van der Waals surface area contributed by atoms with E-state index in [1.807, 2.05) is 0 Å². The first kappa shape index (κ1) is 20.4. The number of hydrogen-bond acceptors (Lipinski definition) is 5. The Morgan fingerprint density at radius 3 is 2.79 bits per heavy atom. The fourth-order valence-corrected chi connectivity index (χ4v) is 2.68. The summed E-state index contributed by atoms with van der Waals surface area (Å²) in [6.45, 7) is 2.09. The molecular formula is C18H28O6. The summed E-state index contributed by atoms with van der Waals surface area (Å²) in [5.74, 6) is -1.73. The molecule has 136 valence electrons. The molecule has 0 saturated carbocycles. The van der Waals surface area contributed by atoms with E-state index in [2.05, 4.69) is 6.92 Å². The van der Waals surface area contributed by atoms with E-state index in [9.17, 15) is 19.8 Å². The summed E-state index contributed by atoms with van der Waals surface area (Å²) in [7, 11) is 0. The van der Waals surface area contributed by atoms with Crippen molar-refractivity contribution in [2.45, 2.75) is 70.2 Å². The van der Waals surface area contributed by atoms with Crippen LogP contribution in [-0.4, -0.2) is 45.6 Å². The lowest BCUT2D eigenvalue weighted by molar-refractivity contribution is -0.163. The summed E-state index contributed by atoms with van der Waals surface area (Å²) in [5.41, 5.74) is 0. The van der Waals surface area contributed by atoms with Crippen molar-refractivity contribution in [1.29, 1.82) is 0 Å². The third-order valence-electron chi connectivity index (χ3n) is 4.05. The van der Waals surface area contributed by atoms with E-state index in [1.54, 1.807) is 18.2 Å². The second-order valence-electron chi connectivity index (χ2n) is 6.14. The molecule has 0 radical (unpaired) electrons. The number of allylic oxidation sites excluding steroid dienone is 1. The molecule has 0 aromatic heterocycles. The van der Waals surface area contributed by atoms with Crippen molar-refractivity contribution < 1.29 is 29.6 Å². The highest BCUT2D eigenvalue weighted by Gasteiger charge is 2.35. The Hall–Kier alpha value is -1.66. The van der Waals surface area contributed by atoms with Crippen molar-refractivity contribution in [3.8, 4) is 0 Å². The third kappa shape index (κ3) is 7.75. The number of cyclic esters (lactones) is 1. The Morgan fingerprint density at radius 2 is 2.12 bits per heavy atom. The predicted molar refractivity (Wildman–Crippen MR) is 89.3 cm³/mol. The van der Waals surface area contributed by atoms with Crippen LogP contribution in [0.25, 0.3) is 0 Å². The molecule has 1 aliphatic heterocycles. The smallest absolute Gasteiger partial charge is 0.309 e. The highest BCUT2D eigenvalue weighted by atomic mass is 16.5. The number of carbonyl (C=O) groups excluding carboxylic acids is 1. The van der Waals surface area contributed by atoms with Crippen molar-refractivity contribution in [3.05, 3.63) is 24.3 Å². The minimum atomic E-state index is -0.923. The molecule has 0 unspecified atom stereocenters. The van der Waals surface area contributed by atoms with Crippen LogP contribution in [0, 0.1) is 5.92 Å². The van der Waals surface area contributed by atoms with Gasteiger partial charge in [-0.25, -0.2) is 0 Å². The quantitative estimate of drug-likeness (QED) is 0.320. The summed E-state index contributed by atoms with van der Waals surface area (Å²) in [6, 6.07) is 0. The first-order valence-electron chi connectivity index (χ1n) is 8.54. The molecule has 0 aromatic rings. The topological polar surface area (TPSA) is 104 Å². The maximum atomic E-state index is 11.5. The van der Waals surface area contributed by atoms with E-state index in [-0.39, 0.29) is 18.8 Å². The van der Waals surface area contributed by atoms with E-state index < -0.39 is 30.3 Å². The molecule has 0 bridgehead atoms. The molecule has 6 nitrogen and oxygen atoms in total. The third-order valence-corrected chi connectivity index (χ3v) is 4.05. The standard InChI is InChI=1S/C18H28O6/c1-2-3-4-7-13(19)10-11-16-14(8-5-6-9-17(21)22)15(20)12-18(23)24-16/h5-6,10-11,13-16,19-20H,2-4,7-9,12H2,1H3,(H,21,22)/b6-5+,11-10+/t13-,14-,15-,16+/m0/s1. The maximum absolute atomic E-state index is 11.5. The molecule has 1 saturated heterocycles. The first-order chi connectivity index (χ1) is 11.4. The van der Waals surface area contributed by atoms with Crippen molar-refractivity contribution in [2.24, 2.45) is 5.92 Å². The predicted octanol–water partition coefficient (Wildman–Crippen LogP) is 2.20. The van der Waals surface area contributed by atoms with E-state index in [0.717, 1.165) is 19.3 Å². The second-order valence-corrected chi connectivity index (χ2v) is 6.14. The molecule has 6 heteroatoms. The summed E-state index contributed by atoms with van der Waals surface area (Å²) < 4.78 is 5.28. The number of carboxylic acid groups (broad SMARTS) is 1. The number of ether oxygens (including phenoxy) is 1. The van der Waals surface area contributed by atoms with Crippen LogP contribution in [0.15, 0.2) is 24.3 Å². The second kappa shape index (κ2) is 11.0. The van der Waals surface area contributed by atoms with Crippen molar-refractivity contribution in [1.82, 2.24) is 0 Å². The monoisotopic (exact) mass is 340 g/mol. The number of aliphatic hydroxyl groups excluding tert-OH is 2.